The van der Waals surface area contributed by atoms with Gasteiger partial charge in [0, 0.05) is 22.3 Å². The van der Waals surface area contributed by atoms with Crippen LogP contribution in [0.15, 0.2) is 131 Å². The summed E-state index contributed by atoms with van der Waals surface area (Å²) in [6, 6.07) is 37.7. The van der Waals surface area contributed by atoms with Crippen molar-refractivity contribution in [3.05, 3.63) is 137 Å². The van der Waals surface area contributed by atoms with E-state index in [1.807, 2.05) is 97.1 Å². The van der Waals surface area contributed by atoms with E-state index in [9.17, 15) is 9.59 Å². The van der Waals surface area contributed by atoms with Crippen LogP contribution in [0.4, 0.5) is 5.69 Å². The fourth-order valence-electron chi connectivity index (χ4n) is 3.99. The van der Waals surface area contributed by atoms with Crippen molar-refractivity contribution in [1.82, 2.24) is 0 Å². The van der Waals surface area contributed by atoms with Crippen LogP contribution in [0.5, 0.6) is 0 Å². The molecule has 34 heavy (non-hydrogen) atoms. The molecule has 5 rings (SSSR count). The maximum absolute atomic E-state index is 13.4. The number of anilines is 1. The lowest BCUT2D eigenvalue weighted by Crippen LogP contribution is -2.20. The molecule has 0 atom stereocenters. The monoisotopic (exact) mass is 443 g/mol. The predicted octanol–water partition coefficient (Wildman–Crippen LogP) is 6.89. The van der Waals surface area contributed by atoms with Crippen molar-refractivity contribution in [3.8, 4) is 33.6 Å². The molecule has 0 spiro atoms. The minimum atomic E-state index is -0.610. The SMILES string of the molecule is O=C(Nc1c(-c2ccccc2)c(-c2ccccc2)c(-c2ccccc2)oc1=O)c1ccccc1. The van der Waals surface area contributed by atoms with Gasteiger partial charge in [0.15, 0.2) is 0 Å². The Kier molecular flexibility index (Phi) is 5.87. The van der Waals surface area contributed by atoms with Crippen LogP contribution >= 0.6 is 0 Å². The number of amides is 1. The molecule has 0 unspecified atom stereocenters. The van der Waals surface area contributed by atoms with Gasteiger partial charge in [0.25, 0.3) is 5.91 Å². The molecule has 1 N–H and O–H groups in total. The first-order valence-corrected chi connectivity index (χ1v) is 11.0. The van der Waals surface area contributed by atoms with Crippen molar-refractivity contribution in [3.63, 3.8) is 0 Å². The van der Waals surface area contributed by atoms with Crippen LogP contribution in [0.2, 0.25) is 0 Å². The highest BCUT2D eigenvalue weighted by Gasteiger charge is 2.24. The van der Waals surface area contributed by atoms with E-state index in [0.717, 1.165) is 22.3 Å². The van der Waals surface area contributed by atoms with Crippen molar-refractivity contribution >= 4 is 11.6 Å². The molecule has 4 heteroatoms. The van der Waals surface area contributed by atoms with Gasteiger partial charge in [0.1, 0.15) is 11.4 Å². The molecule has 0 saturated carbocycles. The molecule has 164 valence electrons. The predicted molar refractivity (Wildman–Crippen MR) is 136 cm³/mol. The molecule has 0 saturated heterocycles. The van der Waals surface area contributed by atoms with Crippen LogP contribution in [0, 0.1) is 0 Å². The highest BCUT2D eigenvalue weighted by atomic mass is 16.4. The van der Waals surface area contributed by atoms with Crippen molar-refractivity contribution in [1.29, 1.82) is 0 Å². The molecule has 0 aliphatic heterocycles. The van der Waals surface area contributed by atoms with E-state index in [-0.39, 0.29) is 11.6 Å². The zero-order valence-electron chi connectivity index (χ0n) is 18.3. The molecule has 4 nitrogen and oxygen atoms in total. The van der Waals surface area contributed by atoms with Gasteiger partial charge in [-0.25, -0.2) is 4.79 Å². The maximum Gasteiger partial charge on any atom is 0.360 e. The molecule has 0 bridgehead atoms. The Morgan fingerprint density at radius 3 is 1.53 bits per heavy atom. The average Bonchev–Trinajstić information content (AvgIpc) is 2.91. The van der Waals surface area contributed by atoms with Gasteiger partial charge in [-0.05, 0) is 23.3 Å². The normalized spacial score (nSPS) is 10.6. The zero-order valence-corrected chi connectivity index (χ0v) is 18.3. The zero-order chi connectivity index (χ0) is 23.3. The molecule has 1 amide bonds. The topological polar surface area (TPSA) is 59.3 Å². The van der Waals surface area contributed by atoms with E-state index < -0.39 is 5.63 Å². The smallest absolute Gasteiger partial charge is 0.360 e. The molecular weight excluding hydrogens is 422 g/mol. The van der Waals surface area contributed by atoms with Gasteiger partial charge < -0.3 is 9.73 Å². The van der Waals surface area contributed by atoms with Gasteiger partial charge in [0.2, 0.25) is 0 Å². The Morgan fingerprint density at radius 2 is 1.00 bits per heavy atom. The van der Waals surface area contributed by atoms with E-state index in [1.54, 1.807) is 24.3 Å². The second kappa shape index (κ2) is 9.43. The molecule has 1 heterocycles. The molecular formula is C30H21NO3. The van der Waals surface area contributed by atoms with Crippen molar-refractivity contribution in [2.24, 2.45) is 0 Å². The van der Waals surface area contributed by atoms with Crippen LogP contribution in [0.1, 0.15) is 10.4 Å². The van der Waals surface area contributed by atoms with E-state index >= 15 is 0 Å². The molecule has 0 aliphatic carbocycles. The largest absolute Gasteiger partial charge is 0.421 e. The molecule has 4 aromatic carbocycles. The molecule has 0 fully saturated rings. The number of carbonyl (C=O) groups excluding carboxylic acids is 1. The van der Waals surface area contributed by atoms with Crippen LogP contribution < -0.4 is 10.9 Å². The lowest BCUT2D eigenvalue weighted by Gasteiger charge is -2.18. The summed E-state index contributed by atoms with van der Waals surface area (Å²) >= 11 is 0. The summed E-state index contributed by atoms with van der Waals surface area (Å²) in [5, 5.41) is 2.84. The van der Waals surface area contributed by atoms with E-state index in [1.165, 1.54) is 0 Å². The van der Waals surface area contributed by atoms with E-state index in [2.05, 4.69) is 5.32 Å². The summed E-state index contributed by atoms with van der Waals surface area (Å²) in [4.78, 5) is 26.4. The Morgan fingerprint density at radius 1 is 0.559 bits per heavy atom. The van der Waals surface area contributed by atoms with Crippen LogP contribution in [0.25, 0.3) is 33.6 Å². The lowest BCUT2D eigenvalue weighted by molar-refractivity contribution is 0.102. The van der Waals surface area contributed by atoms with Crippen LogP contribution in [-0.2, 0) is 0 Å². The molecule has 0 aliphatic rings. The fraction of sp³-hybridized carbons (Fsp3) is 0. The van der Waals surface area contributed by atoms with Gasteiger partial charge in [0.05, 0.1) is 0 Å². The Labute approximate surface area is 197 Å². The Balaban J connectivity index is 1.82. The summed E-state index contributed by atoms with van der Waals surface area (Å²) in [6.07, 6.45) is 0. The Bertz CT molecular complexity index is 1480. The average molecular weight is 444 g/mol. The molecule has 5 aromatic rings. The van der Waals surface area contributed by atoms with E-state index in [4.69, 9.17) is 4.42 Å². The summed E-state index contributed by atoms with van der Waals surface area (Å²) in [6.45, 7) is 0. The number of carbonyl (C=O) groups is 1. The quantitative estimate of drug-likeness (QED) is 0.322. The minimum Gasteiger partial charge on any atom is -0.421 e. The Hall–Kier alpha value is -4.70. The van der Waals surface area contributed by atoms with Crippen LogP contribution in [-0.4, -0.2) is 5.91 Å². The number of hydrogen-bond acceptors (Lipinski definition) is 3. The van der Waals surface area contributed by atoms with Crippen molar-refractivity contribution < 1.29 is 9.21 Å². The first kappa shape index (κ1) is 21.2. The second-order valence-electron chi connectivity index (χ2n) is 7.76. The van der Waals surface area contributed by atoms with E-state index in [0.29, 0.717) is 16.9 Å². The number of benzene rings is 4. The number of hydrogen-bond donors (Lipinski definition) is 1. The van der Waals surface area contributed by atoms with Gasteiger partial charge >= 0.3 is 5.63 Å². The van der Waals surface area contributed by atoms with Crippen molar-refractivity contribution in [2.75, 3.05) is 5.32 Å². The third-order valence-corrected chi connectivity index (χ3v) is 5.56. The lowest BCUT2D eigenvalue weighted by atomic mass is 9.91. The van der Waals surface area contributed by atoms with Gasteiger partial charge in [-0.1, -0.05) is 109 Å². The highest BCUT2D eigenvalue weighted by Crippen LogP contribution is 2.42. The third-order valence-electron chi connectivity index (χ3n) is 5.56. The van der Waals surface area contributed by atoms with Crippen LogP contribution in [0.3, 0.4) is 0 Å². The maximum atomic E-state index is 13.4. The third kappa shape index (κ3) is 4.17. The fourth-order valence-corrected chi connectivity index (χ4v) is 3.99. The first-order chi connectivity index (χ1) is 16.7. The second-order valence-corrected chi connectivity index (χ2v) is 7.76. The molecule has 0 radical (unpaired) electrons. The van der Waals surface area contributed by atoms with Gasteiger partial charge in [-0.3, -0.25) is 4.79 Å². The van der Waals surface area contributed by atoms with Gasteiger partial charge in [-0.15, -0.1) is 0 Å². The van der Waals surface area contributed by atoms with Crippen molar-refractivity contribution in [2.45, 2.75) is 0 Å². The highest BCUT2D eigenvalue weighted by molar-refractivity contribution is 6.08. The number of nitrogens with one attached hydrogen (secondary N) is 1. The first-order valence-electron chi connectivity index (χ1n) is 11.0. The standard InChI is InChI=1S/C30H21NO3/c32-29(24-19-11-4-12-20-24)31-27-25(21-13-5-1-6-14-21)26(22-15-7-2-8-16-22)28(34-30(27)33)23-17-9-3-10-18-23/h1-20H,(H,31,32). The number of rotatable bonds is 5. The summed E-state index contributed by atoms with van der Waals surface area (Å²) in [5.74, 6) is 0.0740. The molecule has 1 aromatic heterocycles. The summed E-state index contributed by atoms with van der Waals surface area (Å²) in [5.41, 5.74) is 3.76. The summed E-state index contributed by atoms with van der Waals surface area (Å²) < 4.78 is 5.91. The van der Waals surface area contributed by atoms with Gasteiger partial charge in [-0.2, -0.15) is 0 Å². The minimum absolute atomic E-state index is 0.110. The summed E-state index contributed by atoms with van der Waals surface area (Å²) in [7, 11) is 0.